The smallest absolute Gasteiger partial charge is 0.306 e. The number of hydrogen-bond acceptors (Lipinski definition) is 8. The van der Waals surface area contributed by atoms with Gasteiger partial charge in [0.25, 0.3) is 7.82 Å². The van der Waals surface area contributed by atoms with E-state index in [-0.39, 0.29) is 32.0 Å². The highest BCUT2D eigenvalue weighted by Crippen LogP contribution is 2.38. The summed E-state index contributed by atoms with van der Waals surface area (Å²) in [5.74, 6) is -0.840. The fraction of sp³-hybridized carbons (Fsp3) is 0.915. The molecular weight excluding hydrogens is 737 g/mol. The summed E-state index contributed by atoms with van der Waals surface area (Å²) in [5.41, 5.74) is 0. The molecule has 0 bridgehead atoms. The van der Waals surface area contributed by atoms with Crippen LogP contribution in [-0.4, -0.2) is 70.0 Å². The maximum Gasteiger partial charge on any atom is 0.306 e. The summed E-state index contributed by atoms with van der Waals surface area (Å²) in [4.78, 5) is 37.6. The fourth-order valence-electron chi connectivity index (χ4n) is 6.77. The first kappa shape index (κ1) is 55.8. The van der Waals surface area contributed by atoms with Crippen LogP contribution >= 0.6 is 7.82 Å². The summed E-state index contributed by atoms with van der Waals surface area (Å²) in [6.45, 7) is 4.24. The van der Waals surface area contributed by atoms with Gasteiger partial charge in [-0.3, -0.25) is 14.2 Å². The molecule has 57 heavy (non-hydrogen) atoms. The average molecular weight is 830 g/mol. The van der Waals surface area contributed by atoms with Crippen LogP contribution < -0.4 is 4.89 Å². The van der Waals surface area contributed by atoms with Crippen LogP contribution in [0.4, 0.5) is 0 Å². The SMILES string of the molecule is CCCCCCCCCC/C=C/CCCCCC(=O)O[C@H](COC(=O)CCCCCCCCCCCCCCCCCCCC)COP(=O)([O-])OCC[N+](C)(C)C. The summed E-state index contributed by atoms with van der Waals surface area (Å²) in [5, 5.41) is 0. The lowest BCUT2D eigenvalue weighted by atomic mass is 10.0. The number of phosphoric ester groups is 1. The minimum atomic E-state index is -4.62. The zero-order chi connectivity index (χ0) is 42.1. The predicted octanol–water partition coefficient (Wildman–Crippen LogP) is 13.1. The summed E-state index contributed by atoms with van der Waals surface area (Å²) >= 11 is 0. The second-order valence-corrected chi connectivity index (χ2v) is 18.9. The number of phosphoric acid groups is 1. The first-order valence-corrected chi connectivity index (χ1v) is 25.4. The van der Waals surface area contributed by atoms with Crippen molar-refractivity contribution in [3.05, 3.63) is 12.2 Å². The van der Waals surface area contributed by atoms with Gasteiger partial charge in [0, 0.05) is 12.8 Å². The Kier molecular flexibility index (Phi) is 39.3. The molecule has 0 amide bonds. The van der Waals surface area contributed by atoms with Crippen LogP contribution in [-0.2, 0) is 32.7 Å². The third-order valence-electron chi connectivity index (χ3n) is 10.5. The first-order chi connectivity index (χ1) is 27.5. The predicted molar refractivity (Wildman–Crippen MR) is 236 cm³/mol. The monoisotopic (exact) mass is 830 g/mol. The van der Waals surface area contributed by atoms with Crippen molar-refractivity contribution in [1.29, 1.82) is 0 Å². The zero-order valence-corrected chi connectivity index (χ0v) is 38.9. The van der Waals surface area contributed by atoms with E-state index in [1.807, 2.05) is 21.1 Å². The fourth-order valence-corrected chi connectivity index (χ4v) is 7.50. The van der Waals surface area contributed by atoms with Crippen molar-refractivity contribution in [3.8, 4) is 0 Å². The average Bonchev–Trinajstić information content (AvgIpc) is 3.16. The van der Waals surface area contributed by atoms with Crippen LogP contribution in [0.2, 0.25) is 0 Å². The minimum absolute atomic E-state index is 0.0303. The molecule has 0 N–H and O–H groups in total. The van der Waals surface area contributed by atoms with Gasteiger partial charge in [-0.2, -0.15) is 0 Å². The summed E-state index contributed by atoms with van der Waals surface area (Å²) in [6, 6.07) is 0. The molecule has 9 nitrogen and oxygen atoms in total. The Labute approximate surface area is 352 Å². The standard InChI is InChI=1S/C47H92NO8P/c1-6-8-10-12-14-16-18-20-22-23-24-26-27-29-31-33-35-37-39-46(49)53-43-45(44-55-57(51,52)54-42-41-48(3,4)5)56-47(50)40-38-36-34-32-30-28-25-21-19-17-15-13-11-9-7-2/h28,30,45H,6-27,29,31-44H2,1-5H3/b30-28+/t45-/m1/s1. The second-order valence-electron chi connectivity index (χ2n) is 17.5. The number of carbonyl (C=O) groups excluding carboxylic acids is 2. The molecule has 0 radical (unpaired) electrons. The van der Waals surface area contributed by atoms with Crippen molar-refractivity contribution in [2.24, 2.45) is 0 Å². The van der Waals surface area contributed by atoms with Crippen molar-refractivity contribution in [1.82, 2.24) is 0 Å². The Hall–Kier alpha value is -1.25. The second kappa shape index (κ2) is 40.2. The molecule has 0 aromatic heterocycles. The van der Waals surface area contributed by atoms with Crippen LogP contribution in [0, 0.1) is 0 Å². The molecule has 0 aliphatic heterocycles. The van der Waals surface area contributed by atoms with Crippen LogP contribution in [0.15, 0.2) is 12.2 Å². The molecule has 0 saturated heterocycles. The molecule has 0 rings (SSSR count). The van der Waals surface area contributed by atoms with Crippen molar-refractivity contribution in [2.45, 2.75) is 232 Å². The van der Waals surface area contributed by atoms with E-state index < -0.39 is 26.5 Å². The van der Waals surface area contributed by atoms with Gasteiger partial charge in [-0.1, -0.05) is 187 Å². The van der Waals surface area contributed by atoms with Gasteiger partial charge in [0.1, 0.15) is 19.8 Å². The quantitative estimate of drug-likeness (QED) is 0.0196. The normalized spacial score (nSPS) is 13.6. The summed E-state index contributed by atoms with van der Waals surface area (Å²) in [7, 11) is 1.17. The number of nitrogens with zero attached hydrogens (tertiary/aromatic N) is 1. The molecule has 2 atom stereocenters. The zero-order valence-electron chi connectivity index (χ0n) is 38.1. The molecule has 0 aromatic carbocycles. The summed E-state index contributed by atoms with van der Waals surface area (Å²) < 4.78 is 34.0. The molecule has 0 aliphatic carbocycles. The number of unbranched alkanes of at least 4 members (excludes halogenated alkanes) is 28. The maximum absolute atomic E-state index is 12.7. The van der Waals surface area contributed by atoms with Crippen LogP contribution in [0.1, 0.15) is 226 Å². The lowest BCUT2D eigenvalue weighted by Gasteiger charge is -2.28. The Morgan fingerprint density at radius 1 is 0.526 bits per heavy atom. The maximum atomic E-state index is 12.7. The highest BCUT2D eigenvalue weighted by Gasteiger charge is 2.21. The van der Waals surface area contributed by atoms with Gasteiger partial charge in [0.05, 0.1) is 27.7 Å². The van der Waals surface area contributed by atoms with Crippen molar-refractivity contribution >= 4 is 19.8 Å². The Balaban J connectivity index is 4.28. The number of likely N-dealkylation sites (N-methyl/N-ethyl adjacent to an activating group) is 1. The van der Waals surface area contributed by atoms with Crippen LogP contribution in [0.25, 0.3) is 0 Å². The van der Waals surface area contributed by atoms with Gasteiger partial charge in [-0.15, -0.1) is 0 Å². The van der Waals surface area contributed by atoms with Gasteiger partial charge < -0.3 is 27.9 Å². The number of carbonyl (C=O) groups is 2. The van der Waals surface area contributed by atoms with E-state index in [2.05, 4.69) is 26.0 Å². The van der Waals surface area contributed by atoms with Crippen molar-refractivity contribution in [3.63, 3.8) is 0 Å². The first-order valence-electron chi connectivity index (χ1n) is 23.9. The Morgan fingerprint density at radius 3 is 1.32 bits per heavy atom. The molecule has 0 heterocycles. The van der Waals surface area contributed by atoms with Gasteiger partial charge in [0.15, 0.2) is 6.10 Å². The van der Waals surface area contributed by atoms with E-state index in [9.17, 15) is 19.0 Å². The number of rotatable bonds is 44. The van der Waals surface area contributed by atoms with E-state index in [4.69, 9.17) is 18.5 Å². The number of ether oxygens (including phenoxy) is 2. The molecular formula is C47H92NO8P. The largest absolute Gasteiger partial charge is 0.756 e. The molecule has 10 heteroatoms. The number of hydrogen-bond donors (Lipinski definition) is 0. The highest BCUT2D eigenvalue weighted by molar-refractivity contribution is 7.45. The van der Waals surface area contributed by atoms with Gasteiger partial charge in [-0.05, 0) is 38.5 Å². The topological polar surface area (TPSA) is 111 Å². The Morgan fingerprint density at radius 2 is 0.895 bits per heavy atom. The number of esters is 2. The molecule has 0 aromatic rings. The number of quaternary nitrogens is 1. The third-order valence-corrected chi connectivity index (χ3v) is 11.5. The molecule has 0 aliphatic rings. The molecule has 338 valence electrons. The molecule has 0 saturated carbocycles. The van der Waals surface area contributed by atoms with E-state index >= 15 is 0 Å². The highest BCUT2D eigenvalue weighted by atomic mass is 31.2. The molecule has 0 fully saturated rings. The molecule has 1 unspecified atom stereocenters. The third kappa shape index (κ3) is 44.1. The van der Waals surface area contributed by atoms with Gasteiger partial charge >= 0.3 is 11.9 Å². The van der Waals surface area contributed by atoms with E-state index in [0.29, 0.717) is 17.4 Å². The van der Waals surface area contributed by atoms with E-state index in [1.54, 1.807) is 0 Å². The van der Waals surface area contributed by atoms with Crippen LogP contribution in [0.5, 0.6) is 0 Å². The number of allylic oxidation sites excluding steroid dienone is 2. The minimum Gasteiger partial charge on any atom is -0.756 e. The lowest BCUT2D eigenvalue weighted by molar-refractivity contribution is -0.870. The van der Waals surface area contributed by atoms with Crippen LogP contribution in [0.3, 0.4) is 0 Å². The Bertz CT molecular complexity index is 985. The lowest BCUT2D eigenvalue weighted by Crippen LogP contribution is -2.37. The van der Waals surface area contributed by atoms with E-state index in [0.717, 1.165) is 44.9 Å². The van der Waals surface area contributed by atoms with Crippen molar-refractivity contribution < 1.29 is 42.1 Å². The van der Waals surface area contributed by atoms with Crippen molar-refractivity contribution in [2.75, 3.05) is 47.5 Å². The summed E-state index contributed by atoms with van der Waals surface area (Å²) in [6.07, 6.45) is 42.4. The van der Waals surface area contributed by atoms with Gasteiger partial charge in [-0.25, -0.2) is 0 Å². The molecule has 0 spiro atoms. The van der Waals surface area contributed by atoms with E-state index in [1.165, 1.54) is 148 Å². The van der Waals surface area contributed by atoms with Gasteiger partial charge in [0.2, 0.25) is 0 Å².